The maximum atomic E-state index is 12.9. The third kappa shape index (κ3) is 3.15. The lowest BCUT2D eigenvalue weighted by Crippen LogP contribution is -2.36. The zero-order chi connectivity index (χ0) is 19.0. The Morgan fingerprint density at radius 1 is 1.11 bits per heavy atom. The number of fused-ring (bicyclic) bond motifs is 1. The van der Waals surface area contributed by atoms with E-state index < -0.39 is 5.60 Å². The third-order valence-corrected chi connectivity index (χ3v) is 5.43. The number of nitrogens with zero attached hydrogens (tertiary/aromatic N) is 2. The molecule has 0 spiro atoms. The number of aliphatic hydroxyl groups is 1. The van der Waals surface area contributed by atoms with Crippen molar-refractivity contribution in [1.82, 2.24) is 9.47 Å². The maximum absolute atomic E-state index is 12.9. The van der Waals surface area contributed by atoms with Crippen LogP contribution in [-0.4, -0.2) is 33.6 Å². The summed E-state index contributed by atoms with van der Waals surface area (Å²) in [5, 5.41) is 11.6. The molecule has 1 aromatic heterocycles. The number of benzene rings is 2. The minimum absolute atomic E-state index is 0.0357. The van der Waals surface area contributed by atoms with E-state index in [1.807, 2.05) is 60.0 Å². The van der Waals surface area contributed by atoms with Crippen LogP contribution in [0.15, 0.2) is 65.5 Å². The first-order valence-electron chi connectivity index (χ1n) is 9.13. The van der Waals surface area contributed by atoms with Crippen LogP contribution in [0.1, 0.15) is 17.7 Å². The van der Waals surface area contributed by atoms with Crippen LogP contribution in [0, 0.1) is 6.92 Å². The first kappa shape index (κ1) is 17.5. The second kappa shape index (κ2) is 6.67. The summed E-state index contributed by atoms with van der Waals surface area (Å²) < 4.78 is 1.87. The number of rotatable bonds is 3. The number of amides is 1. The Kier molecular flexibility index (Phi) is 4.32. The summed E-state index contributed by atoms with van der Waals surface area (Å²) in [6.07, 6.45) is 0.520. The second-order valence-corrected chi connectivity index (χ2v) is 7.22. The Balaban J connectivity index is 1.59. The van der Waals surface area contributed by atoms with Gasteiger partial charge in [-0.3, -0.25) is 9.59 Å². The molecular weight excluding hydrogens is 340 g/mol. The van der Waals surface area contributed by atoms with Crippen LogP contribution in [0.25, 0.3) is 10.9 Å². The molecule has 0 radical (unpaired) electrons. The number of likely N-dealkylation sites (tertiary alicyclic amines) is 1. The lowest BCUT2D eigenvalue weighted by atomic mass is 9.93. The van der Waals surface area contributed by atoms with E-state index in [-0.39, 0.29) is 24.4 Å². The highest BCUT2D eigenvalue weighted by Gasteiger charge is 2.39. The van der Waals surface area contributed by atoms with Gasteiger partial charge >= 0.3 is 0 Å². The van der Waals surface area contributed by atoms with E-state index in [4.69, 9.17) is 0 Å². The van der Waals surface area contributed by atoms with Crippen LogP contribution in [0.2, 0.25) is 0 Å². The Hall–Kier alpha value is -2.92. The van der Waals surface area contributed by atoms with E-state index in [9.17, 15) is 14.7 Å². The zero-order valence-corrected chi connectivity index (χ0v) is 15.3. The largest absolute Gasteiger partial charge is 0.383 e. The smallest absolute Gasteiger partial charge is 0.242 e. The van der Waals surface area contributed by atoms with Crippen LogP contribution in [-0.2, 0) is 16.9 Å². The van der Waals surface area contributed by atoms with Gasteiger partial charge < -0.3 is 14.6 Å². The molecule has 1 aliphatic rings. The van der Waals surface area contributed by atoms with Gasteiger partial charge in [-0.15, -0.1) is 0 Å². The average Bonchev–Trinajstić information content (AvgIpc) is 3.09. The molecule has 0 aliphatic carbocycles. The van der Waals surface area contributed by atoms with Crippen LogP contribution in [0.5, 0.6) is 0 Å². The molecule has 0 bridgehead atoms. The molecule has 2 heterocycles. The van der Waals surface area contributed by atoms with Crippen molar-refractivity contribution in [2.45, 2.75) is 25.5 Å². The molecule has 0 saturated carbocycles. The first-order valence-corrected chi connectivity index (χ1v) is 9.13. The van der Waals surface area contributed by atoms with Crippen molar-refractivity contribution in [3.8, 4) is 0 Å². The fourth-order valence-corrected chi connectivity index (χ4v) is 3.89. The number of hydrogen-bond donors (Lipinski definition) is 1. The van der Waals surface area contributed by atoms with Crippen LogP contribution in [0.4, 0.5) is 0 Å². The molecule has 1 amide bonds. The molecular formula is C22H22N2O3. The van der Waals surface area contributed by atoms with Gasteiger partial charge in [0.05, 0.1) is 12.1 Å². The topological polar surface area (TPSA) is 62.5 Å². The summed E-state index contributed by atoms with van der Waals surface area (Å²) in [6.45, 7) is 2.79. The summed E-state index contributed by atoms with van der Waals surface area (Å²) >= 11 is 0. The molecule has 0 unspecified atom stereocenters. The Labute approximate surface area is 157 Å². The molecule has 1 fully saturated rings. The molecule has 27 heavy (non-hydrogen) atoms. The van der Waals surface area contributed by atoms with Crippen molar-refractivity contribution < 1.29 is 9.90 Å². The van der Waals surface area contributed by atoms with Gasteiger partial charge in [-0.25, -0.2) is 0 Å². The number of β-amino-alcohol motifs (C(OH)–C–C–N with tert-alkyl or cyclic N) is 1. The van der Waals surface area contributed by atoms with E-state index in [2.05, 4.69) is 0 Å². The Morgan fingerprint density at radius 2 is 1.81 bits per heavy atom. The number of aryl methyl sites for hydroxylation is 1. The number of hydrogen-bond acceptors (Lipinski definition) is 3. The Morgan fingerprint density at radius 3 is 2.59 bits per heavy atom. The van der Waals surface area contributed by atoms with E-state index in [0.29, 0.717) is 18.4 Å². The molecule has 2 aromatic carbocycles. The normalized spacial score (nSPS) is 19.6. The summed E-state index contributed by atoms with van der Waals surface area (Å²) in [4.78, 5) is 26.8. The predicted octanol–water partition coefficient (Wildman–Crippen LogP) is 2.43. The van der Waals surface area contributed by atoms with Gasteiger partial charge in [-0.05, 0) is 31.0 Å². The lowest BCUT2D eigenvalue weighted by molar-refractivity contribution is -0.131. The van der Waals surface area contributed by atoms with Gasteiger partial charge in [0.25, 0.3) is 0 Å². The maximum Gasteiger partial charge on any atom is 0.242 e. The van der Waals surface area contributed by atoms with E-state index in [1.54, 1.807) is 17.0 Å². The molecule has 4 rings (SSSR count). The number of aromatic nitrogens is 1. The molecule has 3 aromatic rings. The van der Waals surface area contributed by atoms with Crippen LogP contribution < -0.4 is 5.43 Å². The van der Waals surface area contributed by atoms with Crippen molar-refractivity contribution in [2.75, 3.05) is 13.1 Å². The van der Waals surface area contributed by atoms with E-state index in [0.717, 1.165) is 16.8 Å². The van der Waals surface area contributed by atoms with E-state index >= 15 is 0 Å². The van der Waals surface area contributed by atoms with Crippen molar-refractivity contribution in [3.05, 3.63) is 82.1 Å². The third-order valence-electron chi connectivity index (χ3n) is 5.43. The minimum Gasteiger partial charge on any atom is -0.383 e. The monoisotopic (exact) mass is 362 g/mol. The summed E-state index contributed by atoms with van der Waals surface area (Å²) in [5.41, 5.74) is 1.31. The quantitative estimate of drug-likeness (QED) is 0.778. The summed E-state index contributed by atoms with van der Waals surface area (Å²) in [7, 11) is 0. The fraction of sp³-hybridized carbons (Fsp3) is 0.273. The molecule has 138 valence electrons. The molecule has 1 saturated heterocycles. The molecule has 1 N–H and O–H groups in total. The second-order valence-electron chi connectivity index (χ2n) is 7.22. The zero-order valence-electron chi connectivity index (χ0n) is 15.3. The Bertz CT molecular complexity index is 1060. The molecule has 5 heteroatoms. The number of pyridine rings is 1. The standard InChI is InChI=1S/C22H22N2O3/c1-16-13-20(25)18-9-5-6-10-19(18)24(16)14-21(26)23-12-11-22(27,15-23)17-7-3-2-4-8-17/h2-10,13,27H,11-12,14-15H2,1H3/t22-/m1/s1. The summed E-state index contributed by atoms with van der Waals surface area (Å²) in [5.74, 6) is -0.0567. The van der Waals surface area contributed by atoms with Gasteiger partial charge in [-0.2, -0.15) is 0 Å². The van der Waals surface area contributed by atoms with Gasteiger partial charge in [0.15, 0.2) is 5.43 Å². The predicted molar refractivity (Wildman–Crippen MR) is 104 cm³/mol. The number of carbonyl (C=O) groups excluding carboxylic acids is 1. The lowest BCUT2D eigenvalue weighted by Gasteiger charge is -2.24. The van der Waals surface area contributed by atoms with E-state index in [1.165, 1.54) is 0 Å². The minimum atomic E-state index is -1.00. The number of carbonyl (C=O) groups is 1. The fourth-order valence-electron chi connectivity index (χ4n) is 3.89. The van der Waals surface area contributed by atoms with Gasteiger partial charge in [-0.1, -0.05) is 42.5 Å². The van der Waals surface area contributed by atoms with Crippen molar-refractivity contribution in [3.63, 3.8) is 0 Å². The van der Waals surface area contributed by atoms with Crippen molar-refractivity contribution in [2.24, 2.45) is 0 Å². The van der Waals surface area contributed by atoms with Crippen LogP contribution >= 0.6 is 0 Å². The van der Waals surface area contributed by atoms with Gasteiger partial charge in [0.2, 0.25) is 5.91 Å². The highest BCUT2D eigenvalue weighted by Crippen LogP contribution is 2.32. The molecule has 1 aliphatic heterocycles. The highest BCUT2D eigenvalue weighted by atomic mass is 16.3. The highest BCUT2D eigenvalue weighted by molar-refractivity contribution is 5.83. The first-order chi connectivity index (χ1) is 13.0. The summed E-state index contributed by atoms with van der Waals surface area (Å²) in [6, 6.07) is 18.4. The van der Waals surface area contributed by atoms with Gasteiger partial charge in [0.1, 0.15) is 12.1 Å². The van der Waals surface area contributed by atoms with Crippen molar-refractivity contribution in [1.29, 1.82) is 0 Å². The molecule has 5 nitrogen and oxygen atoms in total. The van der Waals surface area contributed by atoms with Crippen LogP contribution in [0.3, 0.4) is 0 Å². The van der Waals surface area contributed by atoms with Crippen molar-refractivity contribution >= 4 is 16.8 Å². The number of para-hydroxylation sites is 1. The average molecular weight is 362 g/mol. The molecule has 1 atom stereocenters. The SMILES string of the molecule is Cc1cc(=O)c2ccccc2n1CC(=O)N1CC[C@](O)(c2ccccc2)C1. The van der Waals surface area contributed by atoms with Gasteiger partial charge in [0, 0.05) is 23.7 Å².